The van der Waals surface area contributed by atoms with Gasteiger partial charge in [0.15, 0.2) is 0 Å². The number of piperidine rings is 1. The van der Waals surface area contributed by atoms with Gasteiger partial charge in [-0.05, 0) is 85.4 Å². The fraction of sp³-hybridized carbons (Fsp3) is 0.383. The van der Waals surface area contributed by atoms with Crippen molar-refractivity contribution < 1.29 is 42.4 Å². The molecular weight excluding hydrogens is 880 g/mol. The summed E-state index contributed by atoms with van der Waals surface area (Å²) in [5.74, 6) is 1.08. The van der Waals surface area contributed by atoms with Crippen LogP contribution < -0.4 is 23.8 Å². The van der Waals surface area contributed by atoms with Crippen LogP contribution in [0.15, 0.2) is 79.1 Å². The monoisotopic (exact) mass is 929 g/mol. The highest BCUT2D eigenvalue weighted by molar-refractivity contribution is 7.13. The summed E-state index contributed by atoms with van der Waals surface area (Å²) in [5, 5.41) is 11.7. The number of fused-ring (bicyclic) bond motifs is 1. The minimum atomic E-state index is -2.80. The molecule has 1 atom stereocenters. The van der Waals surface area contributed by atoms with Crippen LogP contribution in [0.3, 0.4) is 0 Å². The van der Waals surface area contributed by atoms with E-state index in [-0.39, 0.29) is 18.9 Å². The number of methoxy groups -OCH3 is 1. The number of nitrogens with zero attached hydrogens (tertiary/aromatic N) is 7. The molecular formula is C47H50ClF2N7O7S. The van der Waals surface area contributed by atoms with Crippen LogP contribution in [0.2, 0.25) is 5.02 Å². The Hall–Kier alpha value is -5.72. The van der Waals surface area contributed by atoms with E-state index in [1.165, 1.54) is 0 Å². The van der Waals surface area contributed by atoms with Gasteiger partial charge in [-0.15, -0.1) is 0 Å². The van der Waals surface area contributed by atoms with Crippen molar-refractivity contribution in [3.63, 3.8) is 0 Å². The Morgan fingerprint density at radius 2 is 1.77 bits per heavy atom. The van der Waals surface area contributed by atoms with E-state index in [0.29, 0.717) is 93.4 Å². The third-order valence-corrected chi connectivity index (χ3v) is 12.9. The second kappa shape index (κ2) is 21.1. The number of anilines is 1. The van der Waals surface area contributed by atoms with Crippen LogP contribution in [0, 0.1) is 6.92 Å². The molecule has 0 radical (unpaired) electrons. The number of para-hydroxylation sites is 1. The van der Waals surface area contributed by atoms with Crippen LogP contribution in [-0.2, 0) is 22.6 Å². The van der Waals surface area contributed by atoms with Crippen molar-refractivity contribution in [2.24, 2.45) is 0 Å². The molecule has 65 heavy (non-hydrogen) atoms. The molecule has 1 N–H and O–H groups in total. The summed E-state index contributed by atoms with van der Waals surface area (Å²) in [6.45, 7) is 5.41. The summed E-state index contributed by atoms with van der Waals surface area (Å²) >= 11 is 8.26. The number of halogens is 3. The number of rotatable bonds is 18. The molecule has 2 aliphatic heterocycles. The van der Waals surface area contributed by atoms with Crippen molar-refractivity contribution >= 4 is 45.1 Å². The van der Waals surface area contributed by atoms with Gasteiger partial charge in [0, 0.05) is 75.8 Å². The average molecular weight is 930 g/mol. The molecule has 18 heteroatoms. The van der Waals surface area contributed by atoms with Gasteiger partial charge in [-0.3, -0.25) is 9.88 Å². The van der Waals surface area contributed by atoms with Crippen LogP contribution >= 0.6 is 23.1 Å². The second-order valence-corrected chi connectivity index (χ2v) is 17.1. The lowest BCUT2D eigenvalue weighted by atomic mass is 9.93. The fourth-order valence-corrected chi connectivity index (χ4v) is 8.99. The van der Waals surface area contributed by atoms with Crippen LogP contribution in [0.5, 0.6) is 23.1 Å². The molecule has 5 heterocycles. The van der Waals surface area contributed by atoms with Gasteiger partial charge in [0.2, 0.25) is 17.9 Å². The molecule has 2 saturated heterocycles. The standard InChI is InChI=1S/C47H50ClF2N7O7S/c1-29-35(11-12-37(42(29)48)61-24-23-56-21-19-55(2)20-22-56)40-41-39(27-52-43(40)31-8-6-9-34(25-31)60-3)65-54-44(41)64-38(45(58)59)26-30-7-4-5-10-36(30)62-28-32-13-16-51-47(53-32)57-17-14-33(15-18-57)63-46(49)50/h4-13,16,25,27,33,38,46H,14-15,17-24,26,28H2,1-3H3,(H,58,59). The van der Waals surface area contributed by atoms with E-state index < -0.39 is 24.8 Å². The van der Waals surface area contributed by atoms with Crippen LogP contribution in [0.1, 0.15) is 29.7 Å². The van der Waals surface area contributed by atoms with E-state index >= 15 is 0 Å². The Bertz CT molecular complexity index is 2590. The Labute approximate surface area is 384 Å². The van der Waals surface area contributed by atoms with Gasteiger partial charge >= 0.3 is 12.6 Å². The predicted octanol–water partition coefficient (Wildman–Crippen LogP) is 8.27. The van der Waals surface area contributed by atoms with Gasteiger partial charge in [-0.1, -0.05) is 48.0 Å². The molecule has 3 aromatic carbocycles. The molecule has 342 valence electrons. The number of pyridine rings is 1. The molecule has 0 bridgehead atoms. The number of carboxylic acids is 1. The molecule has 8 rings (SSSR count). The number of hydrogen-bond donors (Lipinski definition) is 1. The third-order valence-electron chi connectivity index (χ3n) is 11.7. The zero-order valence-electron chi connectivity index (χ0n) is 36.3. The number of ether oxygens (including phenoxy) is 5. The lowest BCUT2D eigenvalue weighted by Gasteiger charge is -2.32. The van der Waals surface area contributed by atoms with E-state index in [4.69, 9.17) is 40.3 Å². The number of hydrogen-bond acceptors (Lipinski definition) is 14. The van der Waals surface area contributed by atoms with Crippen LogP contribution in [-0.4, -0.2) is 126 Å². The molecule has 0 saturated carbocycles. The van der Waals surface area contributed by atoms with E-state index in [1.807, 2.05) is 48.2 Å². The van der Waals surface area contributed by atoms with E-state index in [9.17, 15) is 18.7 Å². The second-order valence-electron chi connectivity index (χ2n) is 16.0. The first kappa shape index (κ1) is 45.8. The summed E-state index contributed by atoms with van der Waals surface area (Å²) in [6.07, 6.45) is 2.27. The topological polar surface area (TPSA) is 145 Å². The molecule has 0 spiro atoms. The predicted molar refractivity (Wildman–Crippen MR) is 245 cm³/mol. The van der Waals surface area contributed by atoms with E-state index in [0.717, 1.165) is 60.9 Å². The van der Waals surface area contributed by atoms with E-state index in [2.05, 4.69) is 31.2 Å². The summed E-state index contributed by atoms with van der Waals surface area (Å²) < 4.78 is 60.0. The van der Waals surface area contributed by atoms with E-state index in [1.54, 1.807) is 49.8 Å². The van der Waals surface area contributed by atoms with Gasteiger partial charge in [-0.25, -0.2) is 14.8 Å². The van der Waals surface area contributed by atoms with Crippen molar-refractivity contribution in [3.05, 3.63) is 101 Å². The lowest BCUT2D eigenvalue weighted by Crippen LogP contribution is -2.45. The molecule has 0 amide bonds. The summed E-state index contributed by atoms with van der Waals surface area (Å²) in [5.41, 5.74) is 4.73. The molecule has 0 aliphatic carbocycles. The quantitative estimate of drug-likeness (QED) is 0.0883. The molecule has 2 aliphatic rings. The summed E-state index contributed by atoms with van der Waals surface area (Å²) in [4.78, 5) is 33.7. The maximum atomic E-state index is 13.0. The number of likely N-dealkylation sites (N-methyl/N-ethyl adjacent to an activating group) is 1. The first-order chi connectivity index (χ1) is 31.5. The number of piperazine rings is 1. The molecule has 1 unspecified atom stereocenters. The van der Waals surface area contributed by atoms with Crippen molar-refractivity contribution in [1.29, 1.82) is 0 Å². The van der Waals surface area contributed by atoms with Crippen LogP contribution in [0.25, 0.3) is 32.5 Å². The largest absolute Gasteiger partial charge is 0.497 e. The summed E-state index contributed by atoms with van der Waals surface area (Å²) in [7, 11) is 3.73. The van der Waals surface area contributed by atoms with Crippen LogP contribution in [0.4, 0.5) is 14.7 Å². The average Bonchev–Trinajstić information content (AvgIpc) is 3.73. The SMILES string of the molecule is COc1cccc(-c2ncc3snc(OC(Cc4ccccc4OCc4ccnc(N5CCC(OC(F)F)CC5)n4)C(=O)O)c3c2-c2ccc(OCCN3CCN(C)CC3)c(Cl)c2C)c1. The number of carbonyl (C=O) groups is 1. The molecule has 6 aromatic rings. The maximum absolute atomic E-state index is 13.0. The zero-order valence-corrected chi connectivity index (χ0v) is 37.9. The first-order valence-corrected chi connectivity index (χ1v) is 22.6. The zero-order chi connectivity index (χ0) is 45.5. The fourth-order valence-electron chi connectivity index (χ4n) is 8.08. The van der Waals surface area contributed by atoms with Crippen molar-refractivity contribution in [1.82, 2.24) is 29.1 Å². The molecule has 3 aromatic heterocycles. The first-order valence-electron chi connectivity index (χ1n) is 21.4. The summed E-state index contributed by atoms with van der Waals surface area (Å²) in [6, 6.07) is 20.3. The highest BCUT2D eigenvalue weighted by Crippen LogP contribution is 2.46. The minimum Gasteiger partial charge on any atom is -0.497 e. The van der Waals surface area contributed by atoms with Crippen molar-refractivity contribution in [3.8, 4) is 45.5 Å². The van der Waals surface area contributed by atoms with Gasteiger partial charge in [-0.2, -0.15) is 13.2 Å². The van der Waals surface area contributed by atoms with Gasteiger partial charge in [0.1, 0.15) is 30.5 Å². The highest BCUT2D eigenvalue weighted by Gasteiger charge is 2.29. The molecule has 14 nitrogen and oxygen atoms in total. The van der Waals surface area contributed by atoms with Gasteiger partial charge in [0.25, 0.3) is 0 Å². The Balaban J connectivity index is 1.05. The normalized spacial score (nSPS) is 15.6. The lowest BCUT2D eigenvalue weighted by molar-refractivity contribution is -0.166. The Kier molecular flexibility index (Phi) is 14.9. The molecule has 2 fully saturated rings. The van der Waals surface area contributed by atoms with Crippen molar-refractivity contribution in [2.45, 2.75) is 51.6 Å². The van der Waals surface area contributed by atoms with Gasteiger partial charge < -0.3 is 38.6 Å². The smallest absolute Gasteiger partial charge is 0.345 e. The Morgan fingerprint density at radius 1 is 0.969 bits per heavy atom. The number of aromatic nitrogens is 4. The third kappa shape index (κ3) is 11.0. The van der Waals surface area contributed by atoms with Crippen molar-refractivity contribution in [2.75, 3.05) is 71.5 Å². The number of aliphatic carboxylic acids is 1. The number of carboxylic acid groups (broad SMARTS) is 1. The maximum Gasteiger partial charge on any atom is 0.345 e. The number of alkyl halides is 2. The number of benzene rings is 3. The Morgan fingerprint density at radius 3 is 2.54 bits per heavy atom. The van der Waals surface area contributed by atoms with Gasteiger partial charge in [0.05, 0.1) is 39.7 Å². The highest BCUT2D eigenvalue weighted by atomic mass is 35.5. The minimum absolute atomic E-state index is 0.0522.